The lowest BCUT2D eigenvalue weighted by atomic mass is 10.1. The summed E-state index contributed by atoms with van der Waals surface area (Å²) < 4.78 is 0. The molecule has 0 saturated carbocycles. The van der Waals surface area contributed by atoms with Gasteiger partial charge in [-0.15, -0.1) is 0 Å². The highest BCUT2D eigenvalue weighted by Gasteiger charge is 2.13. The number of halogens is 1. The van der Waals surface area contributed by atoms with Crippen LogP contribution in [0.5, 0.6) is 0 Å². The van der Waals surface area contributed by atoms with Crippen LogP contribution in [0, 0.1) is 0 Å². The number of hydrogen-bond acceptors (Lipinski definition) is 3. The molecule has 0 bridgehead atoms. The average Bonchev–Trinajstić information content (AvgIpc) is 2.55. The first-order valence-corrected chi connectivity index (χ1v) is 7.83. The lowest BCUT2D eigenvalue weighted by Gasteiger charge is -2.17. The number of nitrogens with one attached hydrogen (secondary N) is 1. The zero-order chi connectivity index (χ0) is 17.7. The third-order valence-electron chi connectivity index (χ3n) is 3.59. The highest BCUT2D eigenvalue weighted by atomic mass is 35.5. The van der Waals surface area contributed by atoms with Gasteiger partial charge in [0.2, 0.25) is 0 Å². The molecule has 24 heavy (non-hydrogen) atoms. The standard InChI is InChI=1S/C18H19ClN2O3/c1-21(2)16-11-14(19)7-8-15(16)17(22)20-10-9-12-3-5-13(6-4-12)18(23)24/h3-8,11H,9-10H2,1-2H3,(H,20,22)(H,23,24). The van der Waals surface area contributed by atoms with Gasteiger partial charge in [0.25, 0.3) is 5.91 Å². The van der Waals surface area contributed by atoms with E-state index in [0.29, 0.717) is 23.6 Å². The first-order valence-electron chi connectivity index (χ1n) is 7.46. The first kappa shape index (κ1) is 17.8. The van der Waals surface area contributed by atoms with Crippen LogP contribution in [-0.2, 0) is 6.42 Å². The SMILES string of the molecule is CN(C)c1cc(Cl)ccc1C(=O)NCCc1ccc(C(=O)O)cc1. The van der Waals surface area contributed by atoms with E-state index in [-0.39, 0.29) is 11.5 Å². The largest absolute Gasteiger partial charge is 0.478 e. The summed E-state index contributed by atoms with van der Waals surface area (Å²) in [5.74, 6) is -1.12. The van der Waals surface area contributed by atoms with Gasteiger partial charge in [0, 0.05) is 25.7 Å². The molecule has 0 aliphatic heterocycles. The molecule has 0 atom stereocenters. The lowest BCUT2D eigenvalue weighted by molar-refractivity contribution is 0.0696. The molecule has 0 aliphatic carbocycles. The van der Waals surface area contributed by atoms with Crippen molar-refractivity contribution in [2.75, 3.05) is 25.5 Å². The van der Waals surface area contributed by atoms with Crippen molar-refractivity contribution >= 4 is 29.2 Å². The Balaban J connectivity index is 1.97. The van der Waals surface area contributed by atoms with Crippen molar-refractivity contribution < 1.29 is 14.7 Å². The Morgan fingerprint density at radius 3 is 2.38 bits per heavy atom. The van der Waals surface area contributed by atoms with Gasteiger partial charge in [0.15, 0.2) is 0 Å². The number of hydrogen-bond donors (Lipinski definition) is 2. The van der Waals surface area contributed by atoms with Crippen LogP contribution in [0.1, 0.15) is 26.3 Å². The van der Waals surface area contributed by atoms with Gasteiger partial charge in [-0.25, -0.2) is 4.79 Å². The van der Waals surface area contributed by atoms with Crippen LogP contribution in [-0.4, -0.2) is 37.6 Å². The number of benzene rings is 2. The zero-order valence-corrected chi connectivity index (χ0v) is 14.3. The van der Waals surface area contributed by atoms with Crippen molar-refractivity contribution in [3.05, 3.63) is 64.2 Å². The van der Waals surface area contributed by atoms with Crippen molar-refractivity contribution in [3.63, 3.8) is 0 Å². The molecule has 5 nitrogen and oxygen atoms in total. The molecule has 0 aliphatic rings. The van der Waals surface area contributed by atoms with Gasteiger partial charge >= 0.3 is 5.97 Å². The lowest BCUT2D eigenvalue weighted by Crippen LogP contribution is -2.27. The number of aromatic carboxylic acids is 1. The number of amides is 1. The summed E-state index contributed by atoms with van der Waals surface area (Å²) in [7, 11) is 3.71. The van der Waals surface area contributed by atoms with Crippen molar-refractivity contribution in [2.24, 2.45) is 0 Å². The van der Waals surface area contributed by atoms with Crippen molar-refractivity contribution in [3.8, 4) is 0 Å². The van der Waals surface area contributed by atoms with E-state index in [4.69, 9.17) is 16.7 Å². The highest BCUT2D eigenvalue weighted by Crippen LogP contribution is 2.23. The molecule has 0 heterocycles. The molecule has 0 spiro atoms. The maximum absolute atomic E-state index is 12.4. The Labute approximate surface area is 145 Å². The Morgan fingerprint density at radius 2 is 1.79 bits per heavy atom. The number of carbonyl (C=O) groups is 2. The molecule has 2 N–H and O–H groups in total. The fourth-order valence-corrected chi connectivity index (χ4v) is 2.46. The van der Waals surface area contributed by atoms with E-state index in [9.17, 15) is 9.59 Å². The molecule has 0 aromatic heterocycles. The Morgan fingerprint density at radius 1 is 1.12 bits per heavy atom. The molecule has 126 valence electrons. The van der Waals surface area contributed by atoms with Crippen LogP contribution >= 0.6 is 11.6 Å². The van der Waals surface area contributed by atoms with E-state index < -0.39 is 5.97 Å². The van der Waals surface area contributed by atoms with Gasteiger partial charge in [-0.3, -0.25) is 4.79 Å². The van der Waals surface area contributed by atoms with Gasteiger partial charge in [-0.05, 0) is 42.3 Å². The second-order valence-corrected chi connectivity index (χ2v) is 6.00. The molecule has 2 rings (SSSR count). The minimum absolute atomic E-state index is 0.169. The Bertz CT molecular complexity index is 742. The molecule has 2 aromatic carbocycles. The number of carboxylic acids is 1. The van der Waals surface area contributed by atoms with E-state index in [1.807, 2.05) is 19.0 Å². The van der Waals surface area contributed by atoms with E-state index in [1.54, 1.807) is 42.5 Å². The fraction of sp³-hybridized carbons (Fsp3) is 0.222. The van der Waals surface area contributed by atoms with Crippen molar-refractivity contribution in [1.29, 1.82) is 0 Å². The van der Waals surface area contributed by atoms with Crippen LogP contribution in [0.2, 0.25) is 5.02 Å². The van der Waals surface area contributed by atoms with E-state index in [2.05, 4.69) is 5.32 Å². The van der Waals surface area contributed by atoms with E-state index in [1.165, 1.54) is 0 Å². The van der Waals surface area contributed by atoms with Gasteiger partial charge in [-0.2, -0.15) is 0 Å². The summed E-state index contributed by atoms with van der Waals surface area (Å²) in [5, 5.41) is 12.3. The number of rotatable bonds is 6. The molecule has 0 unspecified atom stereocenters. The quantitative estimate of drug-likeness (QED) is 0.843. The third-order valence-corrected chi connectivity index (χ3v) is 3.82. The van der Waals surface area contributed by atoms with E-state index in [0.717, 1.165) is 11.3 Å². The number of nitrogens with zero attached hydrogens (tertiary/aromatic N) is 1. The summed E-state index contributed by atoms with van der Waals surface area (Å²) in [6.07, 6.45) is 0.622. The summed E-state index contributed by atoms with van der Waals surface area (Å²) in [6.45, 7) is 0.459. The average molecular weight is 347 g/mol. The topological polar surface area (TPSA) is 69.6 Å². The van der Waals surface area contributed by atoms with Gasteiger partial charge in [-0.1, -0.05) is 23.7 Å². The monoisotopic (exact) mass is 346 g/mol. The second kappa shape index (κ2) is 7.84. The maximum Gasteiger partial charge on any atom is 0.335 e. The highest BCUT2D eigenvalue weighted by molar-refractivity contribution is 6.31. The van der Waals surface area contributed by atoms with Crippen LogP contribution in [0.15, 0.2) is 42.5 Å². The molecule has 1 amide bonds. The van der Waals surface area contributed by atoms with Gasteiger partial charge in [0.05, 0.1) is 16.8 Å². The molecule has 0 saturated heterocycles. The number of carbonyl (C=O) groups excluding carboxylic acids is 1. The summed E-state index contributed by atoms with van der Waals surface area (Å²) >= 11 is 5.98. The molecular weight excluding hydrogens is 328 g/mol. The van der Waals surface area contributed by atoms with Crippen molar-refractivity contribution in [1.82, 2.24) is 5.32 Å². The number of carboxylic acid groups (broad SMARTS) is 1. The van der Waals surface area contributed by atoms with E-state index >= 15 is 0 Å². The minimum Gasteiger partial charge on any atom is -0.478 e. The molecular formula is C18H19ClN2O3. The minimum atomic E-state index is -0.950. The predicted molar refractivity (Wildman–Crippen MR) is 95.2 cm³/mol. The normalized spacial score (nSPS) is 10.3. The van der Waals surface area contributed by atoms with Gasteiger partial charge < -0.3 is 15.3 Å². The molecule has 2 aromatic rings. The Kier molecular flexibility index (Phi) is 5.82. The predicted octanol–water partition coefficient (Wildman–Crippen LogP) is 3.08. The third kappa shape index (κ3) is 4.49. The van der Waals surface area contributed by atoms with Gasteiger partial charge in [0.1, 0.15) is 0 Å². The fourth-order valence-electron chi connectivity index (χ4n) is 2.30. The van der Waals surface area contributed by atoms with Crippen LogP contribution in [0.25, 0.3) is 0 Å². The smallest absolute Gasteiger partial charge is 0.335 e. The summed E-state index contributed by atoms with van der Waals surface area (Å²) in [6, 6.07) is 11.8. The summed E-state index contributed by atoms with van der Waals surface area (Å²) in [5.41, 5.74) is 2.53. The second-order valence-electron chi connectivity index (χ2n) is 5.56. The molecule has 0 fully saturated rings. The zero-order valence-electron chi connectivity index (χ0n) is 13.5. The Hall–Kier alpha value is -2.53. The first-order chi connectivity index (χ1) is 11.4. The van der Waals surface area contributed by atoms with Crippen LogP contribution in [0.4, 0.5) is 5.69 Å². The molecule has 0 radical (unpaired) electrons. The number of anilines is 1. The summed E-state index contributed by atoms with van der Waals surface area (Å²) in [4.78, 5) is 25.0. The van der Waals surface area contributed by atoms with Crippen molar-refractivity contribution in [2.45, 2.75) is 6.42 Å². The van der Waals surface area contributed by atoms with Crippen LogP contribution in [0.3, 0.4) is 0 Å². The van der Waals surface area contributed by atoms with Crippen LogP contribution < -0.4 is 10.2 Å². The maximum atomic E-state index is 12.4. The molecule has 6 heteroatoms.